The number of carbonyl (C=O) groups excluding carboxylic acids is 1. The summed E-state index contributed by atoms with van der Waals surface area (Å²) in [5.74, 6) is 0.685. The van der Waals surface area contributed by atoms with Gasteiger partial charge < -0.3 is 9.73 Å². The number of amides is 1. The number of carbonyl (C=O) groups is 1. The number of likely N-dealkylation sites (N-methyl/N-ethyl adjacent to an activating group) is 1. The Hall–Kier alpha value is -3.22. The Morgan fingerprint density at radius 3 is 2.27 bits per heavy atom. The molecule has 30 heavy (non-hydrogen) atoms. The fourth-order valence-corrected chi connectivity index (χ4v) is 4.27. The Kier molecular flexibility index (Phi) is 6.07. The van der Waals surface area contributed by atoms with Crippen molar-refractivity contribution in [2.45, 2.75) is 6.04 Å². The van der Waals surface area contributed by atoms with Gasteiger partial charge in [0, 0.05) is 17.7 Å². The Labute approximate surface area is 180 Å². The number of hydrogen-bond donors (Lipinski definition) is 1. The number of nitrogens with zero attached hydrogens (tertiary/aromatic N) is 2. The zero-order chi connectivity index (χ0) is 20.9. The predicted octanol–water partition coefficient (Wildman–Crippen LogP) is 5.10. The summed E-state index contributed by atoms with van der Waals surface area (Å²) >= 11 is 1.41. The van der Waals surface area contributed by atoms with Crippen LogP contribution in [0.5, 0.6) is 0 Å². The van der Waals surface area contributed by atoms with Crippen molar-refractivity contribution in [3.8, 4) is 21.8 Å². The van der Waals surface area contributed by atoms with E-state index in [-0.39, 0.29) is 11.9 Å². The number of nitrogens with one attached hydrogen (secondary N) is 1. The van der Waals surface area contributed by atoms with E-state index in [2.05, 4.69) is 5.32 Å². The molecule has 152 valence electrons. The molecule has 1 atom stereocenters. The van der Waals surface area contributed by atoms with Crippen LogP contribution < -0.4 is 5.32 Å². The van der Waals surface area contributed by atoms with Crippen LogP contribution in [-0.2, 0) is 0 Å². The van der Waals surface area contributed by atoms with Gasteiger partial charge >= 0.3 is 0 Å². The molecule has 2 aromatic carbocycles. The van der Waals surface area contributed by atoms with Gasteiger partial charge in [-0.25, -0.2) is 4.98 Å². The quantitative estimate of drug-likeness (QED) is 0.454. The largest absolute Gasteiger partial charge is 0.468 e. The minimum Gasteiger partial charge on any atom is -0.468 e. The normalized spacial score (nSPS) is 12.1. The highest BCUT2D eigenvalue weighted by Gasteiger charge is 2.23. The number of benzene rings is 2. The lowest BCUT2D eigenvalue weighted by Gasteiger charge is -2.22. The van der Waals surface area contributed by atoms with Crippen LogP contribution in [0, 0.1) is 0 Å². The third-order valence-electron chi connectivity index (χ3n) is 4.85. The van der Waals surface area contributed by atoms with Crippen molar-refractivity contribution in [3.63, 3.8) is 0 Å². The second-order valence-corrected chi connectivity index (χ2v) is 8.13. The lowest BCUT2D eigenvalue weighted by atomic mass is 10.1. The maximum atomic E-state index is 13.2. The summed E-state index contributed by atoms with van der Waals surface area (Å²) in [6.07, 6.45) is 1.65. The highest BCUT2D eigenvalue weighted by molar-refractivity contribution is 7.17. The molecule has 1 amide bonds. The van der Waals surface area contributed by atoms with E-state index < -0.39 is 0 Å². The molecule has 0 spiro atoms. The average molecular weight is 418 g/mol. The molecular weight excluding hydrogens is 394 g/mol. The van der Waals surface area contributed by atoms with Gasteiger partial charge in [0.25, 0.3) is 5.91 Å². The van der Waals surface area contributed by atoms with E-state index in [4.69, 9.17) is 9.40 Å². The van der Waals surface area contributed by atoms with Gasteiger partial charge in [-0.3, -0.25) is 9.69 Å². The molecule has 2 aromatic heterocycles. The van der Waals surface area contributed by atoms with E-state index >= 15 is 0 Å². The van der Waals surface area contributed by atoms with E-state index in [0.29, 0.717) is 17.1 Å². The fourth-order valence-electron chi connectivity index (χ4n) is 3.26. The van der Waals surface area contributed by atoms with Crippen LogP contribution in [0.15, 0.2) is 83.5 Å². The van der Waals surface area contributed by atoms with Crippen molar-refractivity contribution >= 4 is 17.2 Å². The smallest absolute Gasteiger partial charge is 0.263 e. The second kappa shape index (κ2) is 9.07. The molecule has 0 radical (unpaired) electrons. The van der Waals surface area contributed by atoms with Crippen molar-refractivity contribution in [2.75, 3.05) is 20.6 Å². The number of rotatable bonds is 7. The summed E-state index contributed by atoms with van der Waals surface area (Å²) in [5.41, 5.74) is 2.63. The van der Waals surface area contributed by atoms with Crippen molar-refractivity contribution in [1.29, 1.82) is 0 Å². The first-order chi connectivity index (χ1) is 14.6. The molecule has 0 saturated carbocycles. The number of aromatic nitrogens is 1. The predicted molar refractivity (Wildman–Crippen MR) is 120 cm³/mol. The van der Waals surface area contributed by atoms with E-state index in [1.54, 1.807) is 6.26 Å². The van der Waals surface area contributed by atoms with Gasteiger partial charge in [-0.05, 0) is 26.2 Å². The number of thiazole rings is 1. The molecule has 6 heteroatoms. The van der Waals surface area contributed by atoms with E-state index in [1.165, 1.54) is 11.3 Å². The summed E-state index contributed by atoms with van der Waals surface area (Å²) in [6, 6.07) is 23.5. The van der Waals surface area contributed by atoms with Crippen molar-refractivity contribution < 1.29 is 9.21 Å². The van der Waals surface area contributed by atoms with E-state index in [1.807, 2.05) is 91.8 Å². The molecule has 0 aliphatic rings. The van der Waals surface area contributed by atoms with Crippen molar-refractivity contribution in [2.24, 2.45) is 0 Å². The van der Waals surface area contributed by atoms with Crippen LogP contribution in [0.3, 0.4) is 0 Å². The first kappa shape index (κ1) is 20.1. The molecule has 0 fully saturated rings. The Morgan fingerprint density at radius 1 is 1.00 bits per heavy atom. The highest BCUT2D eigenvalue weighted by Crippen LogP contribution is 2.34. The summed E-state index contributed by atoms with van der Waals surface area (Å²) in [4.78, 5) is 20.6. The van der Waals surface area contributed by atoms with Crippen LogP contribution in [0.25, 0.3) is 21.8 Å². The van der Waals surface area contributed by atoms with E-state index in [9.17, 15) is 4.79 Å². The van der Waals surface area contributed by atoms with Crippen molar-refractivity contribution in [3.05, 3.63) is 89.7 Å². The third-order valence-corrected chi connectivity index (χ3v) is 5.96. The molecule has 4 aromatic rings. The maximum Gasteiger partial charge on any atom is 0.263 e. The molecule has 2 heterocycles. The zero-order valence-corrected chi connectivity index (χ0v) is 17.7. The topological polar surface area (TPSA) is 58.4 Å². The lowest BCUT2D eigenvalue weighted by Crippen LogP contribution is -2.34. The summed E-state index contributed by atoms with van der Waals surface area (Å²) in [5, 5.41) is 3.90. The molecule has 1 unspecified atom stereocenters. The van der Waals surface area contributed by atoms with Gasteiger partial charge in [-0.2, -0.15) is 0 Å². The Morgan fingerprint density at radius 2 is 1.67 bits per heavy atom. The maximum absolute atomic E-state index is 13.2. The van der Waals surface area contributed by atoms with Gasteiger partial charge in [0.2, 0.25) is 0 Å². The highest BCUT2D eigenvalue weighted by atomic mass is 32.1. The van der Waals surface area contributed by atoms with Crippen LogP contribution in [0.1, 0.15) is 21.5 Å². The molecule has 0 saturated heterocycles. The molecule has 0 aliphatic carbocycles. The molecule has 4 rings (SSSR count). The minimum absolute atomic E-state index is 0.0503. The molecule has 0 bridgehead atoms. The average Bonchev–Trinajstić information content (AvgIpc) is 3.45. The molecule has 1 N–H and O–H groups in total. The summed E-state index contributed by atoms with van der Waals surface area (Å²) in [6.45, 7) is 0.437. The van der Waals surface area contributed by atoms with Crippen molar-refractivity contribution in [1.82, 2.24) is 15.2 Å². The van der Waals surface area contributed by atoms with Gasteiger partial charge in [-0.1, -0.05) is 60.7 Å². The standard InChI is InChI=1S/C24H23N3O2S/c1-27(2)19(20-14-9-15-29-20)16-25-23(28)22-21(17-10-5-3-6-11-17)26-24(30-22)18-12-7-4-8-13-18/h3-15,19H,16H2,1-2H3,(H,25,28). The van der Waals surface area contributed by atoms with Crippen LogP contribution in [-0.4, -0.2) is 36.4 Å². The Balaban J connectivity index is 1.63. The SMILES string of the molecule is CN(C)C(CNC(=O)c1sc(-c2ccccc2)nc1-c1ccccc1)c1ccco1. The van der Waals surface area contributed by atoms with Gasteiger partial charge in [0.1, 0.15) is 15.6 Å². The minimum atomic E-state index is -0.132. The van der Waals surface area contributed by atoms with Crippen LogP contribution >= 0.6 is 11.3 Å². The number of furan rings is 1. The first-order valence-electron chi connectivity index (χ1n) is 9.73. The molecule has 0 aliphatic heterocycles. The summed E-state index contributed by atoms with van der Waals surface area (Å²) < 4.78 is 5.55. The number of hydrogen-bond acceptors (Lipinski definition) is 5. The van der Waals surface area contributed by atoms with Crippen LogP contribution in [0.2, 0.25) is 0 Å². The first-order valence-corrected chi connectivity index (χ1v) is 10.5. The van der Waals surface area contributed by atoms with Crippen LogP contribution in [0.4, 0.5) is 0 Å². The third kappa shape index (κ3) is 4.35. The lowest BCUT2D eigenvalue weighted by molar-refractivity contribution is 0.0943. The molecular formula is C24H23N3O2S. The molecule has 5 nitrogen and oxygen atoms in total. The van der Waals surface area contributed by atoms with Gasteiger partial charge in [-0.15, -0.1) is 11.3 Å². The van der Waals surface area contributed by atoms with E-state index in [0.717, 1.165) is 21.9 Å². The summed E-state index contributed by atoms with van der Waals surface area (Å²) in [7, 11) is 3.93. The second-order valence-electron chi connectivity index (χ2n) is 7.13. The monoisotopic (exact) mass is 417 g/mol. The Bertz CT molecular complexity index is 1090. The zero-order valence-electron chi connectivity index (χ0n) is 16.9. The fraction of sp³-hybridized carbons (Fsp3) is 0.167. The van der Waals surface area contributed by atoms with Gasteiger partial charge in [0.05, 0.1) is 18.0 Å². The van der Waals surface area contributed by atoms with Gasteiger partial charge in [0.15, 0.2) is 0 Å².